The highest BCUT2D eigenvalue weighted by Crippen LogP contribution is 2.22. The van der Waals surface area contributed by atoms with Gasteiger partial charge in [-0.2, -0.15) is 0 Å². The van der Waals surface area contributed by atoms with E-state index >= 15 is 0 Å². The lowest BCUT2D eigenvalue weighted by atomic mass is 10.3. The Hall–Kier alpha value is -1.73. The van der Waals surface area contributed by atoms with Crippen LogP contribution in [-0.2, 0) is 10.0 Å². The second-order valence-corrected chi connectivity index (χ2v) is 5.98. The van der Waals surface area contributed by atoms with Crippen LogP contribution in [0.1, 0.15) is 9.67 Å². The molecule has 0 aliphatic rings. The molecule has 0 atom stereocenters. The van der Waals surface area contributed by atoms with Gasteiger partial charge in [0, 0.05) is 5.69 Å². The van der Waals surface area contributed by atoms with Crippen molar-refractivity contribution in [3.05, 3.63) is 46.4 Å². The van der Waals surface area contributed by atoms with Crippen molar-refractivity contribution in [2.24, 2.45) is 0 Å². The van der Waals surface area contributed by atoms with Gasteiger partial charge in [-0.05, 0) is 35.7 Å². The average molecular weight is 285 g/mol. The third-order valence-corrected chi connectivity index (χ3v) is 4.56. The highest BCUT2D eigenvalue weighted by molar-refractivity contribution is 7.93. The van der Waals surface area contributed by atoms with E-state index in [1.54, 1.807) is 0 Å². The van der Waals surface area contributed by atoms with Gasteiger partial charge in [0.2, 0.25) is 0 Å². The fourth-order valence-corrected chi connectivity index (χ4v) is 3.61. The second kappa shape index (κ2) is 4.87. The molecule has 1 aromatic carbocycles. The Morgan fingerprint density at radius 3 is 2.44 bits per heavy atom. The van der Waals surface area contributed by atoms with E-state index in [4.69, 9.17) is 0 Å². The van der Waals surface area contributed by atoms with E-state index in [0.29, 0.717) is 6.29 Å². The molecule has 0 saturated carbocycles. The number of sulfonamides is 1. The van der Waals surface area contributed by atoms with Gasteiger partial charge < -0.3 is 0 Å². The first-order chi connectivity index (χ1) is 8.53. The van der Waals surface area contributed by atoms with E-state index < -0.39 is 15.8 Å². The number of thiophene rings is 1. The molecule has 2 rings (SSSR count). The maximum absolute atomic E-state index is 12.7. The van der Waals surface area contributed by atoms with Crippen molar-refractivity contribution < 1.29 is 17.6 Å². The van der Waals surface area contributed by atoms with E-state index in [1.165, 1.54) is 23.6 Å². The summed E-state index contributed by atoms with van der Waals surface area (Å²) in [6.07, 6.45) is 0.490. The summed E-state index contributed by atoms with van der Waals surface area (Å²) in [5.74, 6) is -0.456. The minimum atomic E-state index is -3.82. The standard InChI is InChI=1S/C11H8FNO3S2/c12-8-1-3-9(4-2-8)13-18(15,16)11-5-6-17-10(11)7-14/h1-7,13H. The Kier molecular flexibility index (Phi) is 3.44. The second-order valence-electron chi connectivity index (χ2n) is 3.38. The van der Waals surface area contributed by atoms with Gasteiger partial charge in [-0.25, -0.2) is 12.8 Å². The molecule has 0 fully saturated rings. The summed E-state index contributed by atoms with van der Waals surface area (Å²) in [7, 11) is -3.82. The smallest absolute Gasteiger partial charge is 0.263 e. The summed E-state index contributed by atoms with van der Waals surface area (Å²) >= 11 is 1.04. The van der Waals surface area contributed by atoms with Crippen LogP contribution in [0.5, 0.6) is 0 Å². The van der Waals surface area contributed by atoms with Crippen molar-refractivity contribution in [2.45, 2.75) is 4.90 Å². The number of hydrogen-bond acceptors (Lipinski definition) is 4. The van der Waals surface area contributed by atoms with Crippen LogP contribution in [0, 0.1) is 5.82 Å². The fraction of sp³-hybridized carbons (Fsp3) is 0. The van der Waals surface area contributed by atoms with Gasteiger partial charge in [0.1, 0.15) is 10.7 Å². The number of anilines is 1. The Bertz CT molecular complexity index is 662. The molecule has 0 aliphatic carbocycles. The minimum absolute atomic E-state index is 0.0770. The summed E-state index contributed by atoms with van der Waals surface area (Å²) in [5, 5.41) is 1.52. The maximum atomic E-state index is 12.7. The van der Waals surface area contributed by atoms with E-state index in [0.717, 1.165) is 23.5 Å². The van der Waals surface area contributed by atoms with Gasteiger partial charge in [-0.3, -0.25) is 9.52 Å². The molecule has 0 unspecified atom stereocenters. The number of aldehydes is 1. The summed E-state index contributed by atoms with van der Waals surface area (Å²) in [4.78, 5) is 10.8. The van der Waals surface area contributed by atoms with Crippen molar-refractivity contribution in [1.82, 2.24) is 0 Å². The molecule has 0 spiro atoms. The molecule has 0 aliphatic heterocycles. The number of hydrogen-bond donors (Lipinski definition) is 1. The molecule has 2 aromatic rings. The Morgan fingerprint density at radius 1 is 1.17 bits per heavy atom. The zero-order chi connectivity index (χ0) is 13.2. The lowest BCUT2D eigenvalue weighted by Crippen LogP contribution is -2.13. The molecule has 4 nitrogen and oxygen atoms in total. The van der Waals surface area contributed by atoms with Gasteiger partial charge in [0.05, 0.1) is 4.88 Å². The van der Waals surface area contributed by atoms with Crippen molar-refractivity contribution in [2.75, 3.05) is 4.72 Å². The Balaban J connectivity index is 2.33. The third-order valence-electron chi connectivity index (χ3n) is 2.15. The number of halogens is 1. The summed E-state index contributed by atoms with van der Waals surface area (Å²) in [6.45, 7) is 0. The van der Waals surface area contributed by atoms with Gasteiger partial charge >= 0.3 is 0 Å². The number of rotatable bonds is 4. The molecular formula is C11H8FNO3S2. The first-order valence-electron chi connectivity index (χ1n) is 4.84. The molecular weight excluding hydrogens is 277 g/mol. The summed E-state index contributed by atoms with van der Waals surface area (Å²) in [6, 6.07) is 6.25. The number of benzene rings is 1. The van der Waals surface area contributed by atoms with Crippen molar-refractivity contribution in [1.29, 1.82) is 0 Å². The lowest BCUT2D eigenvalue weighted by Gasteiger charge is -2.06. The molecule has 0 bridgehead atoms. The van der Waals surface area contributed by atoms with Crippen molar-refractivity contribution in [3.63, 3.8) is 0 Å². The molecule has 0 radical (unpaired) electrons. The van der Waals surface area contributed by atoms with Crippen LogP contribution >= 0.6 is 11.3 Å². The predicted molar refractivity (Wildman–Crippen MR) is 66.9 cm³/mol. The van der Waals surface area contributed by atoms with Gasteiger partial charge in [-0.1, -0.05) is 0 Å². The van der Waals surface area contributed by atoms with E-state index in [9.17, 15) is 17.6 Å². The zero-order valence-electron chi connectivity index (χ0n) is 8.96. The lowest BCUT2D eigenvalue weighted by molar-refractivity contribution is 0.112. The number of carbonyl (C=O) groups excluding carboxylic acids is 1. The van der Waals surface area contributed by atoms with E-state index in [2.05, 4.69) is 4.72 Å². The predicted octanol–water partition coefficient (Wildman–Crippen LogP) is 2.50. The van der Waals surface area contributed by atoms with Crippen LogP contribution in [0.2, 0.25) is 0 Å². The molecule has 0 saturated heterocycles. The first kappa shape index (κ1) is 12.7. The van der Waals surface area contributed by atoms with Crippen LogP contribution in [0.4, 0.5) is 10.1 Å². The molecule has 1 aromatic heterocycles. The minimum Gasteiger partial charge on any atom is -0.297 e. The molecule has 0 amide bonds. The molecule has 94 valence electrons. The maximum Gasteiger partial charge on any atom is 0.263 e. The monoisotopic (exact) mass is 285 g/mol. The SMILES string of the molecule is O=Cc1sccc1S(=O)(=O)Nc1ccc(F)cc1. The van der Waals surface area contributed by atoms with Crippen molar-refractivity contribution in [3.8, 4) is 0 Å². The highest BCUT2D eigenvalue weighted by atomic mass is 32.2. The highest BCUT2D eigenvalue weighted by Gasteiger charge is 2.19. The largest absolute Gasteiger partial charge is 0.297 e. The zero-order valence-corrected chi connectivity index (χ0v) is 10.6. The number of nitrogens with one attached hydrogen (secondary N) is 1. The molecule has 18 heavy (non-hydrogen) atoms. The molecule has 1 heterocycles. The van der Waals surface area contributed by atoms with Gasteiger partial charge in [-0.15, -0.1) is 11.3 Å². The first-order valence-corrected chi connectivity index (χ1v) is 7.20. The quantitative estimate of drug-likeness (QED) is 0.878. The van der Waals surface area contributed by atoms with E-state index in [1.807, 2.05) is 0 Å². The molecule has 7 heteroatoms. The average Bonchev–Trinajstić information content (AvgIpc) is 2.81. The summed E-state index contributed by atoms with van der Waals surface area (Å²) < 4.78 is 38.9. The summed E-state index contributed by atoms with van der Waals surface area (Å²) in [5.41, 5.74) is 0.236. The fourth-order valence-electron chi connectivity index (χ4n) is 1.35. The van der Waals surface area contributed by atoms with Crippen LogP contribution in [0.25, 0.3) is 0 Å². The van der Waals surface area contributed by atoms with Crippen LogP contribution < -0.4 is 4.72 Å². The van der Waals surface area contributed by atoms with Crippen LogP contribution in [0.15, 0.2) is 40.6 Å². The van der Waals surface area contributed by atoms with Crippen LogP contribution in [-0.4, -0.2) is 14.7 Å². The normalized spacial score (nSPS) is 11.2. The number of carbonyl (C=O) groups is 1. The Labute approximate surface area is 107 Å². The third kappa shape index (κ3) is 2.57. The van der Waals surface area contributed by atoms with Gasteiger partial charge in [0.15, 0.2) is 6.29 Å². The molecule has 1 N–H and O–H groups in total. The van der Waals surface area contributed by atoms with Gasteiger partial charge in [0.25, 0.3) is 10.0 Å². The van der Waals surface area contributed by atoms with E-state index in [-0.39, 0.29) is 15.5 Å². The van der Waals surface area contributed by atoms with Crippen molar-refractivity contribution >= 4 is 33.3 Å². The van der Waals surface area contributed by atoms with Crippen LogP contribution in [0.3, 0.4) is 0 Å². The Morgan fingerprint density at radius 2 is 1.83 bits per heavy atom. The topological polar surface area (TPSA) is 63.2 Å².